The molecule has 0 spiro atoms. The van der Waals surface area contributed by atoms with Gasteiger partial charge in [-0.3, -0.25) is 5.01 Å². The summed E-state index contributed by atoms with van der Waals surface area (Å²) in [6.07, 6.45) is 1.33. The first-order valence-corrected chi connectivity index (χ1v) is 10.7. The van der Waals surface area contributed by atoms with Gasteiger partial charge in [-0.1, -0.05) is 0 Å². The molecule has 0 aliphatic carbocycles. The molecule has 1 saturated heterocycles. The number of ether oxygens (including phenoxy) is 1. The molecule has 0 saturated carbocycles. The average molecular weight is 496 g/mol. The molecule has 35 heavy (non-hydrogen) atoms. The highest BCUT2D eigenvalue weighted by Gasteiger charge is 2.33. The molecule has 2 aliphatic heterocycles. The molecule has 1 atom stereocenters. The minimum absolute atomic E-state index is 0.0605. The highest BCUT2D eigenvalue weighted by Crippen LogP contribution is 2.29. The molecule has 4 rings (SSSR count). The van der Waals surface area contributed by atoms with E-state index in [1.165, 1.54) is 12.1 Å². The Morgan fingerprint density at radius 3 is 2.57 bits per heavy atom. The summed E-state index contributed by atoms with van der Waals surface area (Å²) in [7, 11) is 0. The SMILES string of the molecule is N/N=C\N(N)c1ccc(OCC2C=NN(C3CCN(c4ncc(C(F)(F)F)cn4)CC3)N2)c(F)c1. The Morgan fingerprint density at radius 1 is 1.23 bits per heavy atom. The summed E-state index contributed by atoms with van der Waals surface area (Å²) in [6, 6.07) is 4.03. The topological polar surface area (TPSA) is 134 Å². The number of rotatable bonds is 7. The van der Waals surface area contributed by atoms with Crippen molar-refractivity contribution < 1.29 is 22.3 Å². The summed E-state index contributed by atoms with van der Waals surface area (Å²) >= 11 is 0. The summed E-state index contributed by atoms with van der Waals surface area (Å²) in [6.45, 7) is 1.27. The molecular weight excluding hydrogens is 472 g/mol. The van der Waals surface area contributed by atoms with E-state index in [1.807, 2.05) is 4.90 Å². The maximum atomic E-state index is 14.3. The number of hydrogen-bond donors (Lipinski definition) is 3. The Balaban J connectivity index is 1.24. The van der Waals surface area contributed by atoms with Crippen molar-refractivity contribution >= 4 is 24.2 Å². The van der Waals surface area contributed by atoms with Gasteiger partial charge in [0.15, 0.2) is 11.6 Å². The molecule has 1 aromatic carbocycles. The molecule has 11 nitrogen and oxygen atoms in total. The molecule has 15 heteroatoms. The molecule has 0 bridgehead atoms. The molecule has 0 radical (unpaired) electrons. The van der Waals surface area contributed by atoms with Crippen LogP contribution in [0.5, 0.6) is 5.75 Å². The number of nitrogens with zero attached hydrogens (tertiary/aromatic N) is 7. The predicted octanol–water partition coefficient (Wildman–Crippen LogP) is 1.44. The van der Waals surface area contributed by atoms with Crippen LogP contribution in [-0.4, -0.2) is 59.4 Å². The van der Waals surface area contributed by atoms with E-state index in [2.05, 4.69) is 25.6 Å². The van der Waals surface area contributed by atoms with Crippen molar-refractivity contribution in [3.8, 4) is 5.75 Å². The zero-order valence-corrected chi connectivity index (χ0v) is 18.4. The normalized spacial score (nSPS) is 19.1. The first-order valence-electron chi connectivity index (χ1n) is 10.7. The third kappa shape index (κ3) is 5.86. The molecule has 2 aromatic rings. The largest absolute Gasteiger partial charge is 0.488 e. The van der Waals surface area contributed by atoms with Crippen LogP contribution in [0.15, 0.2) is 40.8 Å². The lowest BCUT2D eigenvalue weighted by molar-refractivity contribution is -0.138. The van der Waals surface area contributed by atoms with Gasteiger partial charge >= 0.3 is 6.18 Å². The van der Waals surface area contributed by atoms with Gasteiger partial charge in [0.25, 0.3) is 0 Å². The molecule has 1 aromatic heterocycles. The number of benzene rings is 1. The van der Waals surface area contributed by atoms with E-state index in [0.717, 1.165) is 23.7 Å². The van der Waals surface area contributed by atoms with Crippen LogP contribution in [0.25, 0.3) is 0 Å². The monoisotopic (exact) mass is 496 g/mol. The zero-order chi connectivity index (χ0) is 25.0. The van der Waals surface area contributed by atoms with Crippen molar-refractivity contribution in [3.05, 3.63) is 42.0 Å². The van der Waals surface area contributed by atoms with Crippen LogP contribution in [0.2, 0.25) is 0 Å². The lowest BCUT2D eigenvalue weighted by atomic mass is 10.1. The number of nitrogens with one attached hydrogen (secondary N) is 1. The fraction of sp³-hybridized carbons (Fsp3) is 0.400. The number of hydrazine groups is 2. The standard InChI is InChI=1S/C20H24F4N10O/c21-17-7-16(33(26)12-29-25)1-2-18(17)35-11-14-10-30-34(31-14)15-3-5-32(6-4-15)19-27-8-13(9-28-19)20(22,23)24/h1-2,7-10,12,14-15,31H,3-6,11,25-26H2/b29-12-. The number of halogens is 4. The summed E-state index contributed by atoms with van der Waals surface area (Å²) in [5.74, 6) is 10.4. The zero-order valence-electron chi connectivity index (χ0n) is 18.4. The predicted molar refractivity (Wildman–Crippen MR) is 121 cm³/mol. The summed E-state index contributed by atoms with van der Waals surface area (Å²) in [5.41, 5.74) is 2.68. The van der Waals surface area contributed by atoms with E-state index in [4.69, 9.17) is 16.4 Å². The second kappa shape index (κ2) is 10.3. The Bertz CT molecular complexity index is 1060. The molecule has 5 N–H and O–H groups in total. The summed E-state index contributed by atoms with van der Waals surface area (Å²) < 4.78 is 58.0. The number of piperidine rings is 1. The molecule has 3 heterocycles. The first-order chi connectivity index (χ1) is 16.7. The highest BCUT2D eigenvalue weighted by molar-refractivity contribution is 5.77. The van der Waals surface area contributed by atoms with Gasteiger partial charge in [0.1, 0.15) is 12.9 Å². The molecule has 2 aliphatic rings. The maximum absolute atomic E-state index is 14.3. The van der Waals surface area contributed by atoms with Crippen LogP contribution >= 0.6 is 0 Å². The van der Waals surface area contributed by atoms with Crippen molar-refractivity contribution in [2.45, 2.75) is 31.1 Å². The molecule has 0 amide bonds. The van der Waals surface area contributed by atoms with Crippen LogP contribution in [0, 0.1) is 5.82 Å². The number of anilines is 2. The molecule has 1 unspecified atom stereocenters. The number of aromatic nitrogens is 2. The van der Waals surface area contributed by atoms with E-state index >= 15 is 0 Å². The number of alkyl halides is 3. The smallest absolute Gasteiger partial charge is 0.419 e. The third-order valence-electron chi connectivity index (χ3n) is 5.55. The minimum Gasteiger partial charge on any atom is -0.488 e. The number of hydrazone groups is 2. The van der Waals surface area contributed by atoms with Crippen molar-refractivity contribution in [2.75, 3.05) is 29.6 Å². The average Bonchev–Trinajstić information content (AvgIpc) is 3.32. The maximum Gasteiger partial charge on any atom is 0.419 e. The lowest BCUT2D eigenvalue weighted by Gasteiger charge is -2.36. The van der Waals surface area contributed by atoms with Crippen LogP contribution < -0.4 is 31.8 Å². The Morgan fingerprint density at radius 2 is 1.94 bits per heavy atom. The van der Waals surface area contributed by atoms with Gasteiger partial charge in [-0.25, -0.2) is 30.7 Å². The van der Waals surface area contributed by atoms with E-state index in [9.17, 15) is 17.6 Å². The van der Waals surface area contributed by atoms with E-state index in [-0.39, 0.29) is 30.4 Å². The Labute approximate surface area is 198 Å². The second-order valence-electron chi connectivity index (χ2n) is 7.93. The number of hydrogen-bond acceptors (Lipinski definition) is 10. The van der Waals surface area contributed by atoms with Gasteiger partial charge in [-0.15, -0.1) is 0 Å². The van der Waals surface area contributed by atoms with Crippen LogP contribution in [0.1, 0.15) is 18.4 Å². The fourth-order valence-corrected chi connectivity index (χ4v) is 3.70. The molecular formula is C20H24F4N10O. The van der Waals surface area contributed by atoms with Gasteiger partial charge < -0.3 is 15.5 Å². The van der Waals surface area contributed by atoms with E-state index in [0.29, 0.717) is 31.6 Å². The minimum atomic E-state index is -4.47. The van der Waals surface area contributed by atoms with Crippen molar-refractivity contribution in [2.24, 2.45) is 21.9 Å². The van der Waals surface area contributed by atoms with Crippen molar-refractivity contribution in [1.29, 1.82) is 0 Å². The molecule has 188 valence electrons. The lowest BCUT2D eigenvalue weighted by Crippen LogP contribution is -2.49. The third-order valence-corrected chi connectivity index (χ3v) is 5.55. The fourth-order valence-electron chi connectivity index (χ4n) is 3.70. The van der Waals surface area contributed by atoms with Crippen molar-refractivity contribution in [1.82, 2.24) is 20.5 Å². The van der Waals surface area contributed by atoms with Gasteiger partial charge in [0.2, 0.25) is 5.95 Å². The van der Waals surface area contributed by atoms with Gasteiger partial charge in [0, 0.05) is 37.8 Å². The summed E-state index contributed by atoms with van der Waals surface area (Å²) in [5, 5.41) is 10.5. The van der Waals surface area contributed by atoms with Crippen LogP contribution in [0.4, 0.5) is 29.2 Å². The first kappa shape index (κ1) is 24.4. The quantitative estimate of drug-likeness (QED) is 0.171. The van der Waals surface area contributed by atoms with Gasteiger partial charge in [-0.05, 0) is 25.0 Å². The second-order valence-corrected chi connectivity index (χ2v) is 7.93. The van der Waals surface area contributed by atoms with E-state index < -0.39 is 17.6 Å². The summed E-state index contributed by atoms with van der Waals surface area (Å²) in [4.78, 5) is 9.55. The van der Waals surface area contributed by atoms with Gasteiger partial charge in [-0.2, -0.15) is 23.4 Å². The van der Waals surface area contributed by atoms with Crippen molar-refractivity contribution in [3.63, 3.8) is 0 Å². The number of nitrogens with two attached hydrogens (primary N) is 2. The van der Waals surface area contributed by atoms with Gasteiger partial charge in [0.05, 0.1) is 23.3 Å². The van der Waals surface area contributed by atoms with Crippen LogP contribution in [-0.2, 0) is 6.18 Å². The Hall–Kier alpha value is -3.72. The van der Waals surface area contributed by atoms with Crippen LogP contribution in [0.3, 0.4) is 0 Å². The highest BCUT2D eigenvalue weighted by atomic mass is 19.4. The Kier molecular flexibility index (Phi) is 7.16. The molecule has 1 fully saturated rings. The van der Waals surface area contributed by atoms with E-state index in [1.54, 1.807) is 17.4 Å².